The molecule has 7 heteroatoms. The van der Waals surface area contributed by atoms with Gasteiger partial charge in [-0.3, -0.25) is 4.79 Å². The van der Waals surface area contributed by atoms with Crippen LogP contribution in [0.15, 0.2) is 47.4 Å². The number of aryl methyl sites for hydroxylation is 1. The van der Waals surface area contributed by atoms with Crippen LogP contribution in [0.4, 0.5) is 5.69 Å². The Morgan fingerprint density at radius 3 is 2.42 bits per heavy atom. The maximum Gasteiger partial charge on any atom is 0.240 e. The third kappa shape index (κ3) is 4.49. The van der Waals surface area contributed by atoms with Gasteiger partial charge in [-0.25, -0.2) is 13.1 Å². The fourth-order valence-corrected chi connectivity index (χ4v) is 4.04. The van der Waals surface area contributed by atoms with Gasteiger partial charge in [-0.2, -0.15) is 0 Å². The fourth-order valence-electron chi connectivity index (χ4n) is 2.97. The number of quaternary nitrogens is 1. The lowest BCUT2D eigenvalue weighted by molar-refractivity contribution is -0.872. The summed E-state index contributed by atoms with van der Waals surface area (Å²) < 4.78 is 27.8. The first-order valence-electron chi connectivity index (χ1n) is 8.63. The van der Waals surface area contributed by atoms with E-state index in [1.54, 1.807) is 12.1 Å². The lowest BCUT2D eigenvalue weighted by Crippen LogP contribution is -3.04. The highest BCUT2D eigenvalue weighted by Crippen LogP contribution is 2.25. The summed E-state index contributed by atoms with van der Waals surface area (Å²) in [6, 6.07) is 12.8. The van der Waals surface area contributed by atoms with Gasteiger partial charge in [0.1, 0.15) is 6.54 Å². The van der Waals surface area contributed by atoms with Crippen LogP contribution in [-0.2, 0) is 34.3 Å². The summed E-state index contributed by atoms with van der Waals surface area (Å²) >= 11 is 0. The van der Waals surface area contributed by atoms with Crippen LogP contribution in [-0.4, -0.2) is 28.4 Å². The molecule has 3 N–H and O–H groups in total. The Bertz CT molecular complexity index is 906. The van der Waals surface area contributed by atoms with Crippen LogP contribution in [0.25, 0.3) is 0 Å². The quantitative estimate of drug-likeness (QED) is 0.696. The molecular weight excluding hydrogens is 350 g/mol. The zero-order valence-corrected chi connectivity index (χ0v) is 15.8. The van der Waals surface area contributed by atoms with Crippen LogP contribution in [0.3, 0.4) is 0 Å². The Kier molecular flexibility index (Phi) is 5.41. The van der Waals surface area contributed by atoms with Crippen LogP contribution in [0.1, 0.15) is 23.1 Å². The molecule has 0 spiro atoms. The second-order valence-corrected chi connectivity index (χ2v) is 8.66. The molecule has 1 aliphatic heterocycles. The standard InChI is InChI=1S/C19H23N3O3S/c1-22(2)13-15-5-3-14(4-6-15)12-20-26(24,25)17-8-9-18-16(11-17)7-10-19(23)21-18/h3-6,8-9,11,20H,7,10,12-13H2,1-2H3,(H,21,23)/p+1. The molecule has 0 aromatic heterocycles. The first-order valence-corrected chi connectivity index (χ1v) is 10.1. The summed E-state index contributed by atoms with van der Waals surface area (Å²) in [7, 11) is 0.577. The maximum absolute atomic E-state index is 12.6. The molecule has 2 aromatic rings. The van der Waals surface area contributed by atoms with Gasteiger partial charge in [-0.1, -0.05) is 24.3 Å². The smallest absolute Gasteiger partial charge is 0.240 e. The molecule has 0 bridgehead atoms. The molecule has 1 heterocycles. The number of benzene rings is 2. The molecule has 26 heavy (non-hydrogen) atoms. The van der Waals surface area contributed by atoms with Crippen molar-refractivity contribution in [3.8, 4) is 0 Å². The van der Waals surface area contributed by atoms with E-state index in [1.165, 1.54) is 16.5 Å². The van der Waals surface area contributed by atoms with Gasteiger partial charge in [-0.05, 0) is 35.7 Å². The summed E-state index contributed by atoms with van der Waals surface area (Å²) in [5.41, 5.74) is 3.67. The Labute approximate surface area is 154 Å². The van der Waals surface area contributed by atoms with Crippen molar-refractivity contribution < 1.29 is 18.1 Å². The van der Waals surface area contributed by atoms with Crippen LogP contribution >= 0.6 is 0 Å². The molecule has 0 atom stereocenters. The van der Waals surface area contributed by atoms with E-state index in [0.29, 0.717) is 18.5 Å². The second-order valence-electron chi connectivity index (χ2n) is 6.89. The minimum atomic E-state index is -3.60. The Hall–Kier alpha value is -2.22. The topological polar surface area (TPSA) is 79.7 Å². The highest BCUT2D eigenvalue weighted by atomic mass is 32.2. The minimum Gasteiger partial charge on any atom is -0.336 e. The number of carbonyl (C=O) groups excluding carboxylic acids is 1. The van der Waals surface area contributed by atoms with E-state index >= 15 is 0 Å². The van der Waals surface area contributed by atoms with Crippen molar-refractivity contribution in [2.24, 2.45) is 0 Å². The van der Waals surface area contributed by atoms with Crippen molar-refractivity contribution in [2.75, 3.05) is 19.4 Å². The van der Waals surface area contributed by atoms with E-state index in [1.807, 2.05) is 24.3 Å². The average molecular weight is 374 g/mol. The van der Waals surface area contributed by atoms with E-state index in [-0.39, 0.29) is 17.3 Å². The van der Waals surface area contributed by atoms with Crippen molar-refractivity contribution in [1.29, 1.82) is 0 Å². The van der Waals surface area contributed by atoms with Gasteiger partial charge in [-0.15, -0.1) is 0 Å². The molecule has 0 radical (unpaired) electrons. The predicted molar refractivity (Wildman–Crippen MR) is 100 cm³/mol. The van der Waals surface area contributed by atoms with Gasteiger partial charge in [0.2, 0.25) is 15.9 Å². The number of nitrogens with one attached hydrogen (secondary N) is 3. The molecule has 0 unspecified atom stereocenters. The third-order valence-electron chi connectivity index (χ3n) is 4.33. The molecule has 138 valence electrons. The third-order valence-corrected chi connectivity index (χ3v) is 5.73. The number of amides is 1. The lowest BCUT2D eigenvalue weighted by atomic mass is 10.0. The lowest BCUT2D eigenvalue weighted by Gasteiger charge is -2.17. The number of rotatable bonds is 6. The molecule has 0 aliphatic carbocycles. The van der Waals surface area contributed by atoms with E-state index in [2.05, 4.69) is 24.1 Å². The normalized spacial score (nSPS) is 14.2. The van der Waals surface area contributed by atoms with E-state index in [0.717, 1.165) is 17.7 Å². The van der Waals surface area contributed by atoms with Crippen molar-refractivity contribution in [1.82, 2.24) is 4.72 Å². The first kappa shape index (κ1) is 18.6. The van der Waals surface area contributed by atoms with Crippen molar-refractivity contribution in [2.45, 2.75) is 30.8 Å². The SMILES string of the molecule is C[NH+](C)Cc1ccc(CNS(=O)(=O)c2ccc3c(c2)CCC(=O)N3)cc1. The highest BCUT2D eigenvalue weighted by Gasteiger charge is 2.19. The Morgan fingerprint density at radius 2 is 1.73 bits per heavy atom. The Morgan fingerprint density at radius 1 is 1.04 bits per heavy atom. The van der Waals surface area contributed by atoms with Gasteiger partial charge < -0.3 is 10.2 Å². The molecule has 0 saturated heterocycles. The largest absolute Gasteiger partial charge is 0.336 e. The molecule has 2 aromatic carbocycles. The molecule has 1 aliphatic rings. The molecular formula is C19H24N3O3S+. The van der Waals surface area contributed by atoms with E-state index in [9.17, 15) is 13.2 Å². The minimum absolute atomic E-state index is 0.0365. The first-order chi connectivity index (χ1) is 12.3. The molecule has 0 saturated carbocycles. The fraction of sp³-hybridized carbons (Fsp3) is 0.316. The van der Waals surface area contributed by atoms with Crippen LogP contribution in [0, 0.1) is 0 Å². The van der Waals surface area contributed by atoms with Gasteiger partial charge >= 0.3 is 0 Å². The van der Waals surface area contributed by atoms with E-state index in [4.69, 9.17) is 0 Å². The van der Waals surface area contributed by atoms with Crippen molar-refractivity contribution in [3.05, 3.63) is 59.2 Å². The molecule has 1 amide bonds. The number of fused-ring (bicyclic) bond motifs is 1. The highest BCUT2D eigenvalue weighted by molar-refractivity contribution is 7.89. The van der Waals surface area contributed by atoms with Gasteiger partial charge in [0.25, 0.3) is 0 Å². The summed E-state index contributed by atoms with van der Waals surface area (Å²) in [5.74, 6) is -0.0365. The monoisotopic (exact) mass is 374 g/mol. The van der Waals surface area contributed by atoms with Crippen molar-refractivity contribution in [3.63, 3.8) is 0 Å². The number of anilines is 1. The maximum atomic E-state index is 12.6. The van der Waals surface area contributed by atoms with Crippen LogP contribution in [0.5, 0.6) is 0 Å². The molecule has 3 rings (SSSR count). The summed E-state index contributed by atoms with van der Waals surface area (Å²) in [6.45, 7) is 1.17. The van der Waals surface area contributed by atoms with Gasteiger partial charge in [0, 0.05) is 24.2 Å². The number of hydrogen-bond donors (Lipinski definition) is 3. The van der Waals surface area contributed by atoms with Gasteiger partial charge in [0.05, 0.1) is 19.0 Å². The zero-order chi connectivity index (χ0) is 18.7. The summed E-state index contributed by atoms with van der Waals surface area (Å²) in [5, 5.41) is 2.76. The average Bonchev–Trinajstić information content (AvgIpc) is 2.60. The van der Waals surface area contributed by atoms with E-state index < -0.39 is 10.0 Å². The zero-order valence-electron chi connectivity index (χ0n) is 15.0. The molecule has 6 nitrogen and oxygen atoms in total. The van der Waals surface area contributed by atoms with Gasteiger partial charge in [0.15, 0.2) is 0 Å². The van der Waals surface area contributed by atoms with Crippen LogP contribution < -0.4 is 14.9 Å². The predicted octanol–water partition coefficient (Wildman–Crippen LogP) is 0.694. The summed E-state index contributed by atoms with van der Waals surface area (Å²) in [6.07, 6.45) is 0.935. The van der Waals surface area contributed by atoms with Crippen LogP contribution in [0.2, 0.25) is 0 Å². The number of hydrogen-bond acceptors (Lipinski definition) is 3. The van der Waals surface area contributed by atoms with Crippen molar-refractivity contribution >= 4 is 21.6 Å². The number of carbonyl (C=O) groups is 1. The Balaban J connectivity index is 1.68. The number of sulfonamides is 1. The molecule has 0 fully saturated rings. The second kappa shape index (κ2) is 7.57. The summed E-state index contributed by atoms with van der Waals surface area (Å²) in [4.78, 5) is 13.0.